The summed E-state index contributed by atoms with van der Waals surface area (Å²) in [7, 11) is 0. The van der Waals surface area contributed by atoms with Gasteiger partial charge >= 0.3 is 5.69 Å². The van der Waals surface area contributed by atoms with Gasteiger partial charge in [-0.1, -0.05) is 18.2 Å². The molecule has 0 atom stereocenters. The average Bonchev–Trinajstić information content (AvgIpc) is 3.04. The molecule has 140 valence electrons. The molecule has 1 amide bonds. The predicted molar refractivity (Wildman–Crippen MR) is 99.9 cm³/mol. The summed E-state index contributed by atoms with van der Waals surface area (Å²) in [5, 5.41) is 20.2. The van der Waals surface area contributed by atoms with Crippen molar-refractivity contribution >= 4 is 11.6 Å². The van der Waals surface area contributed by atoms with Crippen molar-refractivity contribution in [2.24, 2.45) is 0 Å². The molecule has 0 radical (unpaired) electrons. The summed E-state index contributed by atoms with van der Waals surface area (Å²) in [5.41, 5.74) is 1.29. The Bertz CT molecular complexity index is 1030. The average molecular weight is 367 g/mol. The number of rotatable bonds is 4. The van der Waals surface area contributed by atoms with Crippen molar-refractivity contribution < 1.29 is 9.90 Å². The minimum atomic E-state index is -0.318. The molecule has 1 aliphatic heterocycles. The molecule has 3 N–H and O–H groups in total. The van der Waals surface area contributed by atoms with Crippen molar-refractivity contribution in [1.29, 1.82) is 0 Å². The van der Waals surface area contributed by atoms with Gasteiger partial charge < -0.3 is 15.7 Å². The Morgan fingerprint density at radius 1 is 1.22 bits per heavy atom. The SMILES string of the molecule is O=C(NCc1ccccc1O)c1ccc2nn(C3CCNCC3)c(=O)n2c1. The Kier molecular flexibility index (Phi) is 4.64. The summed E-state index contributed by atoms with van der Waals surface area (Å²) in [6.45, 7) is 1.93. The van der Waals surface area contributed by atoms with Crippen molar-refractivity contribution in [1.82, 2.24) is 24.8 Å². The van der Waals surface area contributed by atoms with E-state index in [1.54, 1.807) is 36.4 Å². The fourth-order valence-electron chi connectivity index (χ4n) is 3.35. The lowest BCUT2D eigenvalue weighted by atomic mass is 10.1. The number of amides is 1. The molecule has 27 heavy (non-hydrogen) atoms. The molecule has 0 unspecified atom stereocenters. The van der Waals surface area contributed by atoms with E-state index in [4.69, 9.17) is 0 Å². The molecule has 1 fully saturated rings. The van der Waals surface area contributed by atoms with E-state index in [-0.39, 0.29) is 29.9 Å². The number of benzene rings is 1. The van der Waals surface area contributed by atoms with Crippen LogP contribution in [0.25, 0.3) is 5.65 Å². The Hall–Kier alpha value is -3.13. The van der Waals surface area contributed by atoms with Gasteiger partial charge in [-0.25, -0.2) is 13.9 Å². The lowest BCUT2D eigenvalue weighted by Gasteiger charge is -2.21. The molecule has 3 heterocycles. The zero-order valence-corrected chi connectivity index (χ0v) is 14.8. The molecule has 0 spiro atoms. The smallest absolute Gasteiger partial charge is 0.350 e. The Morgan fingerprint density at radius 2 is 2.00 bits per heavy atom. The molecule has 2 aromatic heterocycles. The first-order valence-electron chi connectivity index (χ1n) is 9.00. The van der Waals surface area contributed by atoms with Crippen LogP contribution in [0, 0.1) is 0 Å². The molecule has 1 aliphatic rings. The number of nitrogens with one attached hydrogen (secondary N) is 2. The summed E-state index contributed by atoms with van der Waals surface area (Å²) < 4.78 is 2.94. The van der Waals surface area contributed by atoms with E-state index in [1.165, 1.54) is 15.3 Å². The van der Waals surface area contributed by atoms with Crippen molar-refractivity contribution in [3.05, 3.63) is 64.2 Å². The van der Waals surface area contributed by atoms with Crippen LogP contribution in [0.3, 0.4) is 0 Å². The van der Waals surface area contributed by atoms with Crippen molar-refractivity contribution in [2.75, 3.05) is 13.1 Å². The Morgan fingerprint density at radius 3 is 2.78 bits per heavy atom. The first kappa shape index (κ1) is 17.3. The number of carbonyl (C=O) groups is 1. The number of hydrogen-bond acceptors (Lipinski definition) is 5. The van der Waals surface area contributed by atoms with Gasteiger partial charge in [0.2, 0.25) is 0 Å². The zero-order valence-electron chi connectivity index (χ0n) is 14.8. The van der Waals surface area contributed by atoms with Gasteiger partial charge in [-0.2, -0.15) is 0 Å². The number of hydrogen-bond donors (Lipinski definition) is 3. The van der Waals surface area contributed by atoms with E-state index in [0.717, 1.165) is 25.9 Å². The zero-order chi connectivity index (χ0) is 18.8. The van der Waals surface area contributed by atoms with Crippen LogP contribution in [0.4, 0.5) is 0 Å². The summed E-state index contributed by atoms with van der Waals surface area (Å²) in [4.78, 5) is 25.2. The van der Waals surface area contributed by atoms with E-state index in [0.29, 0.717) is 16.8 Å². The second kappa shape index (κ2) is 7.24. The third-order valence-corrected chi connectivity index (χ3v) is 4.89. The van der Waals surface area contributed by atoms with Crippen LogP contribution in [0.1, 0.15) is 34.8 Å². The highest BCUT2D eigenvalue weighted by Gasteiger charge is 2.20. The predicted octanol–water partition coefficient (Wildman–Crippen LogP) is 1.06. The number of piperidine rings is 1. The second-order valence-electron chi connectivity index (χ2n) is 6.67. The molecular weight excluding hydrogens is 346 g/mol. The van der Waals surface area contributed by atoms with Crippen LogP contribution < -0.4 is 16.3 Å². The molecule has 4 rings (SSSR count). The number of aromatic nitrogens is 3. The summed E-state index contributed by atoms with van der Waals surface area (Å²) in [6, 6.07) is 10.2. The lowest BCUT2D eigenvalue weighted by Crippen LogP contribution is -2.34. The Balaban J connectivity index is 1.55. The number of pyridine rings is 1. The molecule has 8 heteroatoms. The number of phenols is 1. The topological polar surface area (TPSA) is 101 Å². The number of nitrogens with zero attached hydrogens (tertiary/aromatic N) is 3. The fraction of sp³-hybridized carbons (Fsp3) is 0.316. The highest BCUT2D eigenvalue weighted by molar-refractivity contribution is 5.94. The molecule has 8 nitrogen and oxygen atoms in total. The number of para-hydroxylation sites is 1. The molecule has 0 aliphatic carbocycles. The van der Waals surface area contributed by atoms with Gasteiger partial charge in [0.15, 0.2) is 5.65 Å². The van der Waals surface area contributed by atoms with Crippen LogP contribution in [-0.2, 0) is 6.54 Å². The first-order chi connectivity index (χ1) is 13.1. The van der Waals surface area contributed by atoms with E-state index < -0.39 is 0 Å². The van der Waals surface area contributed by atoms with Gasteiger partial charge in [0.25, 0.3) is 5.91 Å². The minimum Gasteiger partial charge on any atom is -0.508 e. The minimum absolute atomic E-state index is 0.0805. The third kappa shape index (κ3) is 3.43. The summed E-state index contributed by atoms with van der Waals surface area (Å²) in [6.07, 6.45) is 3.23. The van der Waals surface area contributed by atoms with Crippen LogP contribution >= 0.6 is 0 Å². The highest BCUT2D eigenvalue weighted by Crippen LogP contribution is 2.17. The highest BCUT2D eigenvalue weighted by atomic mass is 16.3. The number of carbonyl (C=O) groups excluding carboxylic acids is 1. The van der Waals surface area contributed by atoms with Crippen LogP contribution in [-0.4, -0.2) is 38.3 Å². The van der Waals surface area contributed by atoms with Gasteiger partial charge in [0, 0.05) is 18.3 Å². The normalized spacial score (nSPS) is 15.1. The van der Waals surface area contributed by atoms with Gasteiger partial charge in [-0.05, 0) is 44.1 Å². The van der Waals surface area contributed by atoms with E-state index in [1.807, 2.05) is 0 Å². The molecule has 1 aromatic carbocycles. The van der Waals surface area contributed by atoms with Crippen LogP contribution in [0.15, 0.2) is 47.4 Å². The van der Waals surface area contributed by atoms with Gasteiger partial charge in [0.1, 0.15) is 5.75 Å². The molecule has 0 saturated carbocycles. The van der Waals surface area contributed by atoms with Crippen LogP contribution in [0.5, 0.6) is 5.75 Å². The van der Waals surface area contributed by atoms with E-state index in [9.17, 15) is 14.7 Å². The van der Waals surface area contributed by atoms with Gasteiger partial charge in [-0.15, -0.1) is 5.10 Å². The van der Waals surface area contributed by atoms with Crippen molar-refractivity contribution in [2.45, 2.75) is 25.4 Å². The standard InChI is InChI=1S/C19H21N5O3/c25-16-4-2-1-3-13(16)11-21-18(26)14-5-6-17-22-24(19(27)23(17)12-14)15-7-9-20-10-8-15/h1-6,12,15,20,25H,7-11H2,(H,21,26). The van der Waals surface area contributed by atoms with Gasteiger partial charge in [-0.3, -0.25) is 4.79 Å². The van der Waals surface area contributed by atoms with Crippen molar-refractivity contribution in [3.63, 3.8) is 0 Å². The molecule has 1 saturated heterocycles. The third-order valence-electron chi connectivity index (χ3n) is 4.89. The lowest BCUT2D eigenvalue weighted by molar-refractivity contribution is 0.0950. The second-order valence-corrected chi connectivity index (χ2v) is 6.67. The summed E-state index contributed by atoms with van der Waals surface area (Å²) in [5.74, 6) is -0.186. The monoisotopic (exact) mass is 367 g/mol. The fourth-order valence-corrected chi connectivity index (χ4v) is 3.35. The number of fused-ring (bicyclic) bond motifs is 1. The maximum atomic E-state index is 12.7. The van der Waals surface area contributed by atoms with E-state index in [2.05, 4.69) is 15.7 Å². The largest absolute Gasteiger partial charge is 0.508 e. The maximum absolute atomic E-state index is 12.7. The number of aromatic hydroxyl groups is 1. The number of phenolic OH excluding ortho intramolecular Hbond substituents is 1. The first-order valence-corrected chi connectivity index (χ1v) is 9.00. The molecule has 0 bridgehead atoms. The maximum Gasteiger partial charge on any atom is 0.350 e. The molecular formula is C19H21N5O3. The van der Waals surface area contributed by atoms with Gasteiger partial charge in [0.05, 0.1) is 11.6 Å². The summed E-state index contributed by atoms with van der Waals surface area (Å²) >= 11 is 0. The quantitative estimate of drug-likeness (QED) is 0.640. The van der Waals surface area contributed by atoms with Crippen molar-refractivity contribution in [3.8, 4) is 5.75 Å². The van der Waals surface area contributed by atoms with Crippen LogP contribution in [0.2, 0.25) is 0 Å². The Labute approximate surface area is 155 Å². The van der Waals surface area contributed by atoms with E-state index >= 15 is 0 Å². The molecule has 3 aromatic rings.